The SMILES string of the molecule is Cc1c(C(=O)N(C)c2nnc(-c3ccc(Br)cc3)s2)cc([N+](=O)[O-])cc1[N+](=O)[O-]. The van der Waals surface area contributed by atoms with Crippen LogP contribution in [0.4, 0.5) is 16.5 Å². The standard InChI is InChI=1S/C17H12BrN5O5S/c1-9-13(7-12(22(25)26)8-14(9)23(27)28)16(24)21(2)17-20-19-15(29-17)10-3-5-11(18)6-4-10/h3-8H,1-2H3. The Bertz CT molecular complexity index is 1130. The summed E-state index contributed by atoms with van der Waals surface area (Å²) in [5.74, 6) is -0.659. The normalized spacial score (nSPS) is 10.6. The summed E-state index contributed by atoms with van der Waals surface area (Å²) in [6.07, 6.45) is 0. The van der Waals surface area contributed by atoms with Crippen molar-refractivity contribution in [2.45, 2.75) is 6.92 Å². The minimum atomic E-state index is -0.778. The number of benzene rings is 2. The summed E-state index contributed by atoms with van der Waals surface area (Å²) < 4.78 is 0.904. The molecule has 0 radical (unpaired) electrons. The van der Waals surface area contributed by atoms with Gasteiger partial charge in [0.05, 0.1) is 21.5 Å². The number of carbonyl (C=O) groups is 1. The van der Waals surface area contributed by atoms with Crippen LogP contribution in [0.2, 0.25) is 0 Å². The fourth-order valence-electron chi connectivity index (χ4n) is 2.53. The van der Waals surface area contributed by atoms with Gasteiger partial charge in [0, 0.05) is 28.7 Å². The number of amides is 1. The molecule has 3 rings (SSSR count). The van der Waals surface area contributed by atoms with E-state index in [-0.39, 0.29) is 16.3 Å². The maximum Gasteiger partial charge on any atom is 0.279 e. The Labute approximate surface area is 176 Å². The zero-order valence-electron chi connectivity index (χ0n) is 15.0. The molecule has 0 bridgehead atoms. The Hall–Kier alpha value is -3.25. The van der Waals surface area contributed by atoms with Crippen molar-refractivity contribution in [1.29, 1.82) is 0 Å². The van der Waals surface area contributed by atoms with Crippen molar-refractivity contribution in [3.8, 4) is 10.6 Å². The zero-order valence-corrected chi connectivity index (χ0v) is 17.4. The molecule has 0 aliphatic heterocycles. The summed E-state index contributed by atoms with van der Waals surface area (Å²) in [7, 11) is 1.43. The van der Waals surface area contributed by atoms with E-state index in [4.69, 9.17) is 0 Å². The van der Waals surface area contributed by atoms with Crippen molar-refractivity contribution >= 4 is 49.7 Å². The van der Waals surface area contributed by atoms with Crippen LogP contribution in [0.3, 0.4) is 0 Å². The van der Waals surface area contributed by atoms with Crippen molar-refractivity contribution < 1.29 is 14.6 Å². The Morgan fingerprint density at radius 2 is 1.76 bits per heavy atom. The van der Waals surface area contributed by atoms with Gasteiger partial charge in [0.25, 0.3) is 17.3 Å². The molecular weight excluding hydrogens is 466 g/mol. The van der Waals surface area contributed by atoms with Crippen molar-refractivity contribution in [2.24, 2.45) is 0 Å². The van der Waals surface area contributed by atoms with Gasteiger partial charge in [-0.3, -0.25) is 29.9 Å². The highest BCUT2D eigenvalue weighted by molar-refractivity contribution is 9.10. The van der Waals surface area contributed by atoms with E-state index < -0.39 is 27.1 Å². The topological polar surface area (TPSA) is 132 Å². The van der Waals surface area contributed by atoms with Gasteiger partial charge in [-0.25, -0.2) is 0 Å². The minimum Gasteiger partial charge on any atom is -0.286 e. The Kier molecular flexibility index (Phi) is 5.66. The molecule has 0 fully saturated rings. The highest BCUT2D eigenvalue weighted by Crippen LogP contribution is 2.32. The number of carbonyl (C=O) groups excluding carboxylic acids is 1. The Balaban J connectivity index is 1.97. The highest BCUT2D eigenvalue weighted by Gasteiger charge is 2.27. The quantitative estimate of drug-likeness (QED) is 0.393. The number of rotatable bonds is 5. The first-order chi connectivity index (χ1) is 13.7. The second kappa shape index (κ2) is 8.01. The lowest BCUT2D eigenvalue weighted by atomic mass is 10.0. The van der Waals surface area contributed by atoms with Crippen LogP contribution in [0, 0.1) is 27.2 Å². The van der Waals surface area contributed by atoms with Crippen LogP contribution in [0.5, 0.6) is 0 Å². The minimum absolute atomic E-state index is 0.0371. The summed E-state index contributed by atoms with van der Waals surface area (Å²) >= 11 is 4.50. The van der Waals surface area contributed by atoms with Gasteiger partial charge < -0.3 is 0 Å². The summed E-state index contributed by atoms with van der Waals surface area (Å²) in [6, 6.07) is 9.22. The maximum absolute atomic E-state index is 12.9. The first-order valence-electron chi connectivity index (χ1n) is 8.00. The van der Waals surface area contributed by atoms with Crippen LogP contribution in [0.15, 0.2) is 40.9 Å². The fraction of sp³-hybridized carbons (Fsp3) is 0.118. The third-order valence-corrected chi connectivity index (χ3v) is 5.68. The van der Waals surface area contributed by atoms with Gasteiger partial charge in [0.1, 0.15) is 5.01 Å². The molecule has 2 aromatic carbocycles. The van der Waals surface area contributed by atoms with E-state index in [1.165, 1.54) is 14.0 Å². The van der Waals surface area contributed by atoms with E-state index in [1.807, 2.05) is 24.3 Å². The Morgan fingerprint density at radius 1 is 1.10 bits per heavy atom. The molecule has 0 atom stereocenters. The van der Waals surface area contributed by atoms with Crippen molar-refractivity contribution in [3.05, 3.63) is 72.2 Å². The summed E-state index contributed by atoms with van der Waals surface area (Å²) in [5, 5.41) is 31.2. The van der Waals surface area contributed by atoms with Crippen LogP contribution in [-0.2, 0) is 0 Å². The second-order valence-corrected chi connectivity index (χ2v) is 7.78. The molecule has 29 heavy (non-hydrogen) atoms. The molecule has 0 saturated carbocycles. The third kappa shape index (κ3) is 4.12. The molecule has 3 aromatic rings. The Morgan fingerprint density at radius 3 is 2.34 bits per heavy atom. The zero-order chi connectivity index (χ0) is 21.3. The lowest BCUT2D eigenvalue weighted by Crippen LogP contribution is -2.27. The van der Waals surface area contributed by atoms with Crippen LogP contribution >= 0.6 is 27.3 Å². The van der Waals surface area contributed by atoms with Gasteiger partial charge in [0.15, 0.2) is 0 Å². The number of non-ortho nitro benzene ring substituents is 1. The molecule has 12 heteroatoms. The molecule has 0 N–H and O–H groups in total. The molecule has 0 aliphatic rings. The molecular formula is C17H12BrN5O5S. The fourth-order valence-corrected chi connectivity index (χ4v) is 3.60. The molecule has 1 heterocycles. The van der Waals surface area contributed by atoms with Gasteiger partial charge in [-0.2, -0.15) is 0 Å². The number of nitrogens with zero attached hydrogens (tertiary/aromatic N) is 5. The van der Waals surface area contributed by atoms with Gasteiger partial charge in [-0.05, 0) is 19.1 Å². The highest BCUT2D eigenvalue weighted by atomic mass is 79.9. The van der Waals surface area contributed by atoms with Gasteiger partial charge in [0.2, 0.25) is 5.13 Å². The van der Waals surface area contributed by atoms with Gasteiger partial charge >= 0.3 is 0 Å². The number of aromatic nitrogens is 2. The van der Waals surface area contributed by atoms with Crippen LogP contribution in [0.25, 0.3) is 10.6 Å². The summed E-state index contributed by atoms with van der Waals surface area (Å²) in [5.41, 5.74) is -0.334. The van der Waals surface area contributed by atoms with E-state index in [9.17, 15) is 25.0 Å². The third-order valence-electron chi connectivity index (χ3n) is 4.10. The number of hydrogen-bond donors (Lipinski definition) is 0. The number of hydrogen-bond acceptors (Lipinski definition) is 8. The average Bonchev–Trinajstić information content (AvgIpc) is 3.17. The molecule has 1 amide bonds. The van der Waals surface area contributed by atoms with E-state index >= 15 is 0 Å². The summed E-state index contributed by atoms with van der Waals surface area (Å²) in [6.45, 7) is 1.37. The first-order valence-corrected chi connectivity index (χ1v) is 9.61. The van der Waals surface area contributed by atoms with Crippen LogP contribution in [0.1, 0.15) is 15.9 Å². The van der Waals surface area contributed by atoms with E-state index in [1.54, 1.807) is 0 Å². The first kappa shape index (κ1) is 20.5. The molecule has 0 unspecified atom stereocenters. The average molecular weight is 478 g/mol. The van der Waals surface area contributed by atoms with Crippen molar-refractivity contribution in [3.63, 3.8) is 0 Å². The van der Waals surface area contributed by atoms with E-state index in [0.29, 0.717) is 5.01 Å². The maximum atomic E-state index is 12.9. The second-order valence-electron chi connectivity index (χ2n) is 5.91. The number of anilines is 1. The smallest absolute Gasteiger partial charge is 0.279 e. The largest absolute Gasteiger partial charge is 0.286 e. The van der Waals surface area contributed by atoms with Crippen molar-refractivity contribution in [2.75, 3.05) is 11.9 Å². The predicted octanol–water partition coefficient (Wildman–Crippen LogP) is 4.37. The van der Waals surface area contributed by atoms with E-state index in [2.05, 4.69) is 26.1 Å². The number of nitro benzene ring substituents is 2. The lowest BCUT2D eigenvalue weighted by molar-refractivity contribution is -0.394. The monoisotopic (exact) mass is 477 g/mol. The van der Waals surface area contributed by atoms with Gasteiger partial charge in [-0.1, -0.05) is 39.4 Å². The molecule has 0 spiro atoms. The van der Waals surface area contributed by atoms with Gasteiger partial charge in [-0.15, -0.1) is 10.2 Å². The predicted molar refractivity (Wildman–Crippen MR) is 110 cm³/mol. The summed E-state index contributed by atoms with van der Waals surface area (Å²) in [4.78, 5) is 34.9. The number of halogens is 1. The van der Waals surface area contributed by atoms with Crippen molar-refractivity contribution in [1.82, 2.24) is 10.2 Å². The molecule has 10 nitrogen and oxygen atoms in total. The molecule has 0 saturated heterocycles. The lowest BCUT2D eigenvalue weighted by Gasteiger charge is -2.14. The van der Waals surface area contributed by atoms with Crippen LogP contribution in [-0.4, -0.2) is 33.0 Å². The molecule has 1 aromatic heterocycles. The van der Waals surface area contributed by atoms with Crippen LogP contribution < -0.4 is 4.90 Å². The molecule has 0 aliphatic carbocycles. The molecule has 148 valence electrons. The van der Waals surface area contributed by atoms with E-state index in [0.717, 1.165) is 38.4 Å². The number of nitro groups is 2.